The van der Waals surface area contributed by atoms with Crippen LogP contribution in [0, 0.1) is 0 Å². The van der Waals surface area contributed by atoms with Crippen molar-refractivity contribution in [2.24, 2.45) is 5.73 Å². The van der Waals surface area contributed by atoms with Crippen LogP contribution in [0.5, 0.6) is 0 Å². The Balaban J connectivity index is 4.51. The smallest absolute Gasteiger partial charge is 0.325 e. The monoisotopic (exact) mass is 416 g/mol. The molecule has 0 bridgehead atoms. The zero-order valence-electron chi connectivity index (χ0n) is 16.5. The largest absolute Gasteiger partial charge is 0.468 e. The maximum Gasteiger partial charge on any atom is 0.325 e. The fourth-order valence-corrected chi connectivity index (χ4v) is 1.79. The van der Waals surface area contributed by atoms with Gasteiger partial charge in [-0.2, -0.15) is 0 Å². The number of hydrogen-bond acceptors (Lipinski definition) is 8. The molecule has 0 heterocycles. The molecule has 0 atom stereocenters. The molecule has 0 unspecified atom stereocenters. The summed E-state index contributed by atoms with van der Waals surface area (Å²) >= 11 is 0. The van der Waals surface area contributed by atoms with E-state index in [1.165, 1.54) is 0 Å². The van der Waals surface area contributed by atoms with Gasteiger partial charge in [-0.25, -0.2) is 0 Å². The van der Waals surface area contributed by atoms with Crippen LogP contribution in [0.3, 0.4) is 0 Å². The van der Waals surface area contributed by atoms with Gasteiger partial charge in [0.25, 0.3) is 0 Å². The predicted octanol–water partition coefficient (Wildman–Crippen LogP) is -4.18. The summed E-state index contributed by atoms with van der Waals surface area (Å²) in [6.45, 7) is -0.145. The molecular weight excluding hydrogens is 388 g/mol. The first kappa shape index (κ1) is 25.8. The highest BCUT2D eigenvalue weighted by atomic mass is 16.5. The van der Waals surface area contributed by atoms with Gasteiger partial charge in [0.2, 0.25) is 29.5 Å². The van der Waals surface area contributed by atoms with Crippen LogP contribution in [0.25, 0.3) is 0 Å². The van der Waals surface area contributed by atoms with E-state index in [2.05, 4.69) is 26.0 Å². The Morgan fingerprint density at radius 2 is 1.34 bits per heavy atom. The molecule has 29 heavy (non-hydrogen) atoms. The van der Waals surface area contributed by atoms with Crippen molar-refractivity contribution in [2.45, 2.75) is 13.3 Å². The summed E-state index contributed by atoms with van der Waals surface area (Å²) < 4.78 is 4.47. The first-order valence-electron chi connectivity index (χ1n) is 8.84. The Morgan fingerprint density at radius 3 is 1.90 bits per heavy atom. The molecule has 0 aromatic rings. The first-order valence-corrected chi connectivity index (χ1v) is 8.84. The van der Waals surface area contributed by atoms with Crippen molar-refractivity contribution in [3.05, 3.63) is 0 Å². The lowest BCUT2D eigenvalue weighted by Gasteiger charge is -2.21. The third kappa shape index (κ3) is 12.7. The van der Waals surface area contributed by atoms with E-state index in [1.807, 2.05) is 6.92 Å². The van der Waals surface area contributed by atoms with Crippen molar-refractivity contribution in [2.75, 3.05) is 52.9 Å². The Morgan fingerprint density at radius 1 is 0.793 bits per heavy atom. The molecule has 5 amide bonds. The SMILES string of the molecule is CCCNC(=O)CNC(=O)CNC(=O)CN(CC(=O)OC)C(=O)CNC(=O)CN. The summed E-state index contributed by atoms with van der Waals surface area (Å²) in [5, 5.41) is 9.39. The Bertz CT molecular complexity index is 611. The zero-order chi connectivity index (χ0) is 22.2. The van der Waals surface area contributed by atoms with Gasteiger partial charge in [-0.1, -0.05) is 6.92 Å². The molecule has 13 nitrogen and oxygen atoms in total. The Kier molecular flexibility index (Phi) is 13.1. The number of ether oxygens (including phenoxy) is 1. The van der Waals surface area contributed by atoms with Crippen LogP contribution >= 0.6 is 0 Å². The molecule has 0 spiro atoms. The zero-order valence-corrected chi connectivity index (χ0v) is 16.5. The molecule has 0 saturated carbocycles. The molecule has 164 valence electrons. The van der Waals surface area contributed by atoms with Gasteiger partial charge < -0.3 is 36.6 Å². The average Bonchev–Trinajstić information content (AvgIpc) is 2.71. The molecule has 13 heteroatoms. The second-order valence-corrected chi connectivity index (χ2v) is 5.71. The summed E-state index contributed by atoms with van der Waals surface area (Å²) in [6.07, 6.45) is 0.756. The van der Waals surface area contributed by atoms with E-state index in [-0.39, 0.29) is 19.0 Å². The minimum atomic E-state index is -0.771. The Hall–Kier alpha value is -3.22. The molecule has 0 aliphatic carbocycles. The molecule has 0 radical (unpaired) electrons. The number of nitrogens with zero attached hydrogens (tertiary/aromatic N) is 1. The van der Waals surface area contributed by atoms with Crippen molar-refractivity contribution >= 4 is 35.5 Å². The van der Waals surface area contributed by atoms with Gasteiger partial charge in [-0.3, -0.25) is 28.8 Å². The second-order valence-electron chi connectivity index (χ2n) is 5.71. The van der Waals surface area contributed by atoms with Gasteiger partial charge in [0, 0.05) is 6.54 Å². The van der Waals surface area contributed by atoms with Crippen LogP contribution in [0.1, 0.15) is 13.3 Å². The third-order valence-electron chi connectivity index (χ3n) is 3.32. The number of carbonyl (C=O) groups excluding carboxylic acids is 6. The van der Waals surface area contributed by atoms with E-state index in [9.17, 15) is 28.8 Å². The first-order chi connectivity index (χ1) is 13.7. The minimum absolute atomic E-state index is 0.234. The number of amides is 5. The number of hydrogen-bond donors (Lipinski definition) is 5. The highest BCUT2D eigenvalue weighted by molar-refractivity contribution is 5.92. The normalized spacial score (nSPS) is 9.76. The third-order valence-corrected chi connectivity index (χ3v) is 3.32. The van der Waals surface area contributed by atoms with Gasteiger partial charge in [-0.05, 0) is 6.42 Å². The van der Waals surface area contributed by atoms with E-state index < -0.39 is 55.8 Å². The van der Waals surface area contributed by atoms with Crippen molar-refractivity contribution < 1.29 is 33.5 Å². The summed E-state index contributed by atoms with van der Waals surface area (Å²) in [6, 6.07) is 0. The average molecular weight is 416 g/mol. The van der Waals surface area contributed by atoms with Crippen molar-refractivity contribution in [3.63, 3.8) is 0 Å². The molecule has 0 aromatic carbocycles. The molecule has 0 aliphatic rings. The number of esters is 1. The molecule has 0 saturated heterocycles. The molecule has 0 aromatic heterocycles. The number of methoxy groups -OCH3 is 1. The van der Waals surface area contributed by atoms with Crippen molar-refractivity contribution in [3.8, 4) is 0 Å². The highest BCUT2D eigenvalue weighted by Crippen LogP contribution is 1.92. The maximum atomic E-state index is 12.1. The van der Waals surface area contributed by atoms with Crippen LogP contribution in [0.2, 0.25) is 0 Å². The summed E-state index contributed by atoms with van der Waals surface area (Å²) in [4.78, 5) is 70.6. The number of rotatable bonds is 13. The standard InChI is InChI=1S/C16H28N6O7/c1-3-4-18-12(24)6-19-13(25)7-20-14(26)9-22(10-16(28)29-2)15(27)8-21-11(23)5-17/h3-10,17H2,1-2H3,(H,18,24)(H,19,25)(H,20,26)(H,21,23). The van der Waals surface area contributed by atoms with Gasteiger partial charge in [0.15, 0.2) is 0 Å². The number of carbonyl (C=O) groups is 6. The van der Waals surface area contributed by atoms with Gasteiger partial charge in [0.05, 0.1) is 33.3 Å². The number of nitrogens with one attached hydrogen (secondary N) is 4. The molecule has 0 aliphatic heterocycles. The van der Waals surface area contributed by atoms with Crippen LogP contribution in [-0.4, -0.2) is 93.3 Å². The molecule has 6 N–H and O–H groups in total. The van der Waals surface area contributed by atoms with Gasteiger partial charge in [-0.15, -0.1) is 0 Å². The van der Waals surface area contributed by atoms with Crippen LogP contribution in [0.4, 0.5) is 0 Å². The van der Waals surface area contributed by atoms with Crippen LogP contribution in [-0.2, 0) is 33.5 Å². The van der Waals surface area contributed by atoms with E-state index in [4.69, 9.17) is 5.73 Å². The lowest BCUT2D eigenvalue weighted by Crippen LogP contribution is -2.49. The summed E-state index contributed by atoms with van der Waals surface area (Å²) in [5.74, 6) is -3.76. The molecular formula is C16H28N6O7. The minimum Gasteiger partial charge on any atom is -0.468 e. The molecule has 0 fully saturated rings. The van der Waals surface area contributed by atoms with Gasteiger partial charge >= 0.3 is 5.97 Å². The Labute approximate surface area is 168 Å². The van der Waals surface area contributed by atoms with Gasteiger partial charge in [0.1, 0.15) is 13.1 Å². The fraction of sp³-hybridized carbons (Fsp3) is 0.625. The molecule has 0 rings (SSSR count). The van der Waals surface area contributed by atoms with Crippen LogP contribution < -0.4 is 27.0 Å². The lowest BCUT2D eigenvalue weighted by atomic mass is 10.4. The van der Waals surface area contributed by atoms with E-state index >= 15 is 0 Å². The highest BCUT2D eigenvalue weighted by Gasteiger charge is 2.21. The van der Waals surface area contributed by atoms with Crippen LogP contribution in [0.15, 0.2) is 0 Å². The van der Waals surface area contributed by atoms with E-state index in [0.29, 0.717) is 6.54 Å². The summed E-state index contributed by atoms with van der Waals surface area (Å²) in [5.41, 5.74) is 5.11. The number of nitrogens with two attached hydrogens (primary N) is 1. The predicted molar refractivity (Wildman–Crippen MR) is 100.0 cm³/mol. The van der Waals surface area contributed by atoms with E-state index in [0.717, 1.165) is 18.4 Å². The van der Waals surface area contributed by atoms with Crippen molar-refractivity contribution in [1.29, 1.82) is 0 Å². The van der Waals surface area contributed by atoms with Crippen molar-refractivity contribution in [1.82, 2.24) is 26.2 Å². The maximum absolute atomic E-state index is 12.1. The fourth-order valence-electron chi connectivity index (χ4n) is 1.79. The quantitative estimate of drug-likeness (QED) is 0.187. The van der Waals surface area contributed by atoms with E-state index in [1.54, 1.807) is 0 Å². The summed E-state index contributed by atoms with van der Waals surface area (Å²) in [7, 11) is 1.11. The topological polar surface area (TPSA) is 189 Å². The second kappa shape index (κ2) is 14.8. The lowest BCUT2D eigenvalue weighted by molar-refractivity contribution is -0.148.